The monoisotopic (exact) mass is 378 g/mol. The molecule has 0 unspecified atom stereocenters. The molecule has 0 radical (unpaired) electrons. The molecule has 0 spiro atoms. The van der Waals surface area contributed by atoms with E-state index in [1.807, 2.05) is 0 Å². The van der Waals surface area contributed by atoms with Gasteiger partial charge in [0.1, 0.15) is 0 Å². The van der Waals surface area contributed by atoms with E-state index >= 15 is 0 Å². The highest BCUT2D eigenvalue weighted by atomic mass is 19.4. The van der Waals surface area contributed by atoms with E-state index in [0.717, 1.165) is 10.7 Å². The van der Waals surface area contributed by atoms with E-state index in [-0.39, 0.29) is 16.8 Å². The van der Waals surface area contributed by atoms with Gasteiger partial charge < -0.3 is 10.3 Å². The number of aromatic amines is 1. The van der Waals surface area contributed by atoms with Crippen molar-refractivity contribution in [3.63, 3.8) is 0 Å². The fourth-order valence-corrected chi connectivity index (χ4v) is 3.09. The zero-order valence-electron chi connectivity index (χ0n) is 14.8. The Bertz CT molecular complexity index is 1130. The molecule has 6 nitrogen and oxygen atoms in total. The van der Waals surface area contributed by atoms with Crippen molar-refractivity contribution in [3.8, 4) is 0 Å². The number of alkyl halides is 3. The summed E-state index contributed by atoms with van der Waals surface area (Å²) >= 11 is 0. The molecule has 142 valence electrons. The minimum Gasteiger partial charge on any atom is -0.362 e. The predicted molar refractivity (Wildman–Crippen MR) is 95.8 cm³/mol. The van der Waals surface area contributed by atoms with Crippen molar-refractivity contribution in [2.24, 2.45) is 7.05 Å². The summed E-state index contributed by atoms with van der Waals surface area (Å²) in [4.78, 5) is 26.2. The molecule has 0 saturated heterocycles. The molecule has 0 bridgehead atoms. The van der Waals surface area contributed by atoms with E-state index in [0.29, 0.717) is 10.9 Å². The van der Waals surface area contributed by atoms with Crippen LogP contribution in [-0.4, -0.2) is 14.8 Å². The van der Waals surface area contributed by atoms with Crippen molar-refractivity contribution in [1.82, 2.24) is 14.8 Å². The fourth-order valence-electron chi connectivity index (χ4n) is 3.09. The molecule has 1 aromatic carbocycles. The Balaban J connectivity index is 2.08. The SMILES string of the molecule is Cc1c([C@@H](C)Nc2nn(C)c(=O)c3cc(=O)[nH]cc23)cccc1C(F)(F)F. The number of halogens is 3. The van der Waals surface area contributed by atoms with Gasteiger partial charge in [-0.1, -0.05) is 12.1 Å². The Morgan fingerprint density at radius 2 is 1.93 bits per heavy atom. The second-order valence-electron chi connectivity index (χ2n) is 6.29. The molecule has 1 atom stereocenters. The Labute approximate surface area is 151 Å². The Hall–Kier alpha value is -3.10. The third-order valence-corrected chi connectivity index (χ3v) is 4.45. The maximum atomic E-state index is 13.2. The molecule has 0 aliphatic carbocycles. The molecule has 3 aromatic rings. The fraction of sp³-hybridized carbons (Fsp3) is 0.278. The summed E-state index contributed by atoms with van der Waals surface area (Å²) in [5.74, 6) is 0.285. The van der Waals surface area contributed by atoms with Crippen molar-refractivity contribution in [2.75, 3.05) is 5.32 Å². The second-order valence-corrected chi connectivity index (χ2v) is 6.29. The average molecular weight is 378 g/mol. The van der Waals surface area contributed by atoms with Crippen molar-refractivity contribution in [3.05, 3.63) is 67.9 Å². The molecule has 0 saturated carbocycles. The Morgan fingerprint density at radius 1 is 1.22 bits per heavy atom. The highest BCUT2D eigenvalue weighted by Gasteiger charge is 2.33. The van der Waals surface area contributed by atoms with E-state index in [4.69, 9.17) is 0 Å². The summed E-state index contributed by atoms with van der Waals surface area (Å²) in [6, 6.07) is 4.65. The van der Waals surface area contributed by atoms with Crippen LogP contribution in [0.3, 0.4) is 0 Å². The molecular formula is C18H17F3N4O2. The van der Waals surface area contributed by atoms with Crippen LogP contribution in [0.2, 0.25) is 0 Å². The number of anilines is 1. The predicted octanol–water partition coefficient (Wildman–Crippen LogP) is 3.12. The van der Waals surface area contributed by atoms with Crippen molar-refractivity contribution in [1.29, 1.82) is 0 Å². The summed E-state index contributed by atoms with van der Waals surface area (Å²) in [6.07, 6.45) is -3.08. The molecule has 27 heavy (non-hydrogen) atoms. The lowest BCUT2D eigenvalue weighted by molar-refractivity contribution is -0.138. The number of aryl methyl sites for hydroxylation is 1. The molecule has 0 aliphatic rings. The molecular weight excluding hydrogens is 361 g/mol. The van der Waals surface area contributed by atoms with Gasteiger partial charge in [-0.2, -0.15) is 18.3 Å². The zero-order valence-corrected chi connectivity index (χ0v) is 14.8. The summed E-state index contributed by atoms with van der Waals surface area (Å²) in [5, 5.41) is 7.75. The highest BCUT2D eigenvalue weighted by Crippen LogP contribution is 2.35. The van der Waals surface area contributed by atoms with Crippen molar-refractivity contribution < 1.29 is 13.2 Å². The van der Waals surface area contributed by atoms with Crippen molar-refractivity contribution in [2.45, 2.75) is 26.1 Å². The number of H-pyrrole nitrogens is 1. The lowest BCUT2D eigenvalue weighted by Gasteiger charge is -2.21. The number of hydrogen-bond donors (Lipinski definition) is 2. The second kappa shape index (κ2) is 6.57. The molecule has 0 fully saturated rings. The normalized spacial score (nSPS) is 13.0. The van der Waals surface area contributed by atoms with Gasteiger partial charge in [-0.05, 0) is 31.0 Å². The Morgan fingerprint density at radius 3 is 2.59 bits per heavy atom. The average Bonchev–Trinajstić information content (AvgIpc) is 2.58. The van der Waals surface area contributed by atoms with Gasteiger partial charge in [-0.15, -0.1) is 0 Å². The first-order chi connectivity index (χ1) is 12.6. The maximum Gasteiger partial charge on any atom is 0.416 e. The maximum absolute atomic E-state index is 13.2. The summed E-state index contributed by atoms with van der Waals surface area (Å²) in [6.45, 7) is 3.12. The minimum absolute atomic E-state index is 0.118. The molecule has 0 aliphatic heterocycles. The first-order valence-electron chi connectivity index (χ1n) is 8.12. The van der Waals surface area contributed by atoms with Crippen LogP contribution in [-0.2, 0) is 13.2 Å². The van der Waals surface area contributed by atoms with Gasteiger partial charge in [-0.3, -0.25) is 9.59 Å². The lowest BCUT2D eigenvalue weighted by Crippen LogP contribution is -2.24. The molecule has 2 aromatic heterocycles. The van der Waals surface area contributed by atoms with E-state index in [2.05, 4.69) is 15.4 Å². The number of aromatic nitrogens is 3. The quantitative estimate of drug-likeness (QED) is 0.734. The van der Waals surface area contributed by atoms with E-state index in [1.165, 1.54) is 32.3 Å². The number of fused-ring (bicyclic) bond motifs is 1. The third-order valence-electron chi connectivity index (χ3n) is 4.45. The van der Waals surface area contributed by atoms with E-state index in [9.17, 15) is 22.8 Å². The van der Waals surface area contributed by atoms with Crippen LogP contribution in [0.1, 0.15) is 29.7 Å². The minimum atomic E-state index is -4.44. The number of nitrogens with zero attached hydrogens (tertiary/aromatic N) is 2. The van der Waals surface area contributed by atoms with Gasteiger partial charge in [0.05, 0.1) is 17.0 Å². The standard InChI is InChI=1S/C18H17F3N4O2/c1-9-11(5-4-6-14(9)18(19,20)21)10(2)23-16-13-8-22-15(26)7-12(13)17(27)25(3)24-16/h4-8,10H,1-3H3,(H,22,26)(H,23,24)/t10-/m1/s1. The summed E-state index contributed by atoms with van der Waals surface area (Å²) in [5.41, 5.74) is -0.995. The molecule has 9 heteroatoms. The zero-order chi connectivity index (χ0) is 19.9. The lowest BCUT2D eigenvalue weighted by atomic mass is 9.97. The summed E-state index contributed by atoms with van der Waals surface area (Å²) < 4.78 is 40.6. The van der Waals surface area contributed by atoms with Gasteiger partial charge in [0, 0.05) is 24.7 Å². The van der Waals surface area contributed by atoms with Crippen molar-refractivity contribution >= 4 is 16.6 Å². The molecule has 3 rings (SSSR count). The van der Waals surface area contributed by atoms with Crippen LogP contribution >= 0.6 is 0 Å². The van der Waals surface area contributed by atoms with E-state index in [1.54, 1.807) is 13.0 Å². The van der Waals surface area contributed by atoms with Crippen LogP contribution in [0.4, 0.5) is 19.0 Å². The third kappa shape index (κ3) is 3.44. The Kier molecular flexibility index (Phi) is 4.54. The van der Waals surface area contributed by atoms with Gasteiger partial charge in [0.2, 0.25) is 5.56 Å². The number of hydrogen-bond acceptors (Lipinski definition) is 4. The highest BCUT2D eigenvalue weighted by molar-refractivity contribution is 5.90. The van der Waals surface area contributed by atoms with Crippen LogP contribution in [0.5, 0.6) is 0 Å². The topological polar surface area (TPSA) is 79.8 Å². The van der Waals surface area contributed by atoms with Gasteiger partial charge in [0.15, 0.2) is 5.82 Å². The van der Waals surface area contributed by atoms with E-state index < -0.39 is 28.9 Å². The molecule has 2 heterocycles. The smallest absolute Gasteiger partial charge is 0.362 e. The number of rotatable bonds is 3. The summed E-state index contributed by atoms with van der Waals surface area (Å²) in [7, 11) is 1.44. The van der Waals surface area contributed by atoms with Gasteiger partial charge in [-0.25, -0.2) is 4.68 Å². The molecule has 2 N–H and O–H groups in total. The number of pyridine rings is 1. The number of benzene rings is 1. The largest absolute Gasteiger partial charge is 0.416 e. The van der Waals surface area contributed by atoms with Gasteiger partial charge >= 0.3 is 6.18 Å². The van der Waals surface area contributed by atoms with Gasteiger partial charge in [0.25, 0.3) is 5.56 Å². The van der Waals surface area contributed by atoms with Crippen LogP contribution in [0, 0.1) is 6.92 Å². The van der Waals surface area contributed by atoms with Crippen LogP contribution < -0.4 is 16.4 Å². The first kappa shape index (κ1) is 18.7. The first-order valence-corrected chi connectivity index (χ1v) is 8.12. The van der Waals surface area contributed by atoms with Crippen LogP contribution in [0.15, 0.2) is 40.1 Å². The number of nitrogens with one attached hydrogen (secondary N) is 2. The molecule has 0 amide bonds. The van der Waals surface area contributed by atoms with Crippen LogP contribution in [0.25, 0.3) is 10.8 Å².